The third-order valence-corrected chi connectivity index (χ3v) is 6.79. The zero-order valence-electron chi connectivity index (χ0n) is 15.6. The number of carbonyl (C=O) groups excluding carboxylic acids is 2. The van der Waals surface area contributed by atoms with E-state index in [1.165, 1.54) is 18.4 Å². The van der Waals surface area contributed by atoms with Crippen LogP contribution in [0, 0.1) is 0 Å². The molecule has 0 radical (unpaired) electrons. The number of amides is 1. The smallest absolute Gasteiger partial charge is 0.337 e. The van der Waals surface area contributed by atoms with Crippen molar-refractivity contribution in [3.8, 4) is 10.4 Å². The number of hydrogen-bond donors (Lipinski definition) is 2. The Hall–Kier alpha value is -2.95. The molecule has 1 amide bonds. The molecule has 1 aromatic carbocycles. The van der Waals surface area contributed by atoms with E-state index in [1.807, 2.05) is 22.9 Å². The van der Waals surface area contributed by atoms with Gasteiger partial charge in [0.2, 0.25) is 5.91 Å². The number of fused-ring (bicyclic) bond motifs is 1. The van der Waals surface area contributed by atoms with E-state index < -0.39 is 5.97 Å². The van der Waals surface area contributed by atoms with E-state index in [9.17, 15) is 14.4 Å². The predicted molar refractivity (Wildman–Crippen MR) is 121 cm³/mol. The topological polar surface area (TPSA) is 101 Å². The third kappa shape index (κ3) is 4.30. The minimum atomic E-state index is -0.440. The van der Waals surface area contributed by atoms with Crippen LogP contribution in [-0.4, -0.2) is 34.7 Å². The van der Waals surface area contributed by atoms with Gasteiger partial charge in [0, 0.05) is 21.5 Å². The Morgan fingerprint density at radius 1 is 1.20 bits per heavy atom. The van der Waals surface area contributed by atoms with Crippen molar-refractivity contribution in [2.24, 2.45) is 0 Å². The molecule has 0 spiro atoms. The van der Waals surface area contributed by atoms with Crippen LogP contribution in [0.3, 0.4) is 0 Å². The summed E-state index contributed by atoms with van der Waals surface area (Å²) >= 11 is 4.13. The van der Waals surface area contributed by atoms with Gasteiger partial charge in [-0.1, -0.05) is 17.8 Å². The maximum Gasteiger partial charge on any atom is 0.337 e. The molecule has 0 fully saturated rings. The Kier molecular flexibility index (Phi) is 5.98. The molecule has 0 aliphatic heterocycles. The van der Waals surface area contributed by atoms with Crippen molar-refractivity contribution in [1.82, 2.24) is 9.97 Å². The molecule has 0 saturated carbocycles. The molecule has 30 heavy (non-hydrogen) atoms. The summed E-state index contributed by atoms with van der Waals surface area (Å²) in [5.74, 6) is -0.611. The number of esters is 1. The SMILES string of the molecule is COC(=O)c1ccc(NC(=O)CSc2nc3scc(-c4cccs4)c3c(=O)[nH]2)cc1. The van der Waals surface area contributed by atoms with Gasteiger partial charge < -0.3 is 15.0 Å². The first-order valence-electron chi connectivity index (χ1n) is 8.71. The number of nitrogens with one attached hydrogen (secondary N) is 2. The molecule has 2 N–H and O–H groups in total. The Bertz CT molecular complexity index is 1260. The highest BCUT2D eigenvalue weighted by atomic mass is 32.2. The van der Waals surface area contributed by atoms with Gasteiger partial charge in [0.05, 0.1) is 23.8 Å². The van der Waals surface area contributed by atoms with Crippen LogP contribution in [0.25, 0.3) is 20.7 Å². The summed E-state index contributed by atoms with van der Waals surface area (Å²) in [6.45, 7) is 0. The van der Waals surface area contributed by atoms with E-state index >= 15 is 0 Å². The van der Waals surface area contributed by atoms with E-state index in [0.29, 0.717) is 26.6 Å². The lowest BCUT2D eigenvalue weighted by atomic mass is 10.2. The summed E-state index contributed by atoms with van der Waals surface area (Å²) in [7, 11) is 1.31. The minimum Gasteiger partial charge on any atom is -0.465 e. The average molecular weight is 458 g/mol. The van der Waals surface area contributed by atoms with Crippen LogP contribution in [0.4, 0.5) is 5.69 Å². The number of aromatic nitrogens is 2. The van der Waals surface area contributed by atoms with Crippen molar-refractivity contribution in [2.75, 3.05) is 18.2 Å². The number of hydrogen-bond acceptors (Lipinski definition) is 8. The average Bonchev–Trinajstić information content (AvgIpc) is 3.42. The fraction of sp³-hybridized carbons (Fsp3) is 0.100. The van der Waals surface area contributed by atoms with Gasteiger partial charge in [-0.3, -0.25) is 9.59 Å². The molecule has 152 valence electrons. The zero-order valence-corrected chi connectivity index (χ0v) is 18.1. The molecule has 0 bridgehead atoms. The minimum absolute atomic E-state index is 0.0797. The van der Waals surface area contributed by atoms with Gasteiger partial charge in [-0.05, 0) is 35.7 Å². The van der Waals surface area contributed by atoms with Crippen LogP contribution in [0.5, 0.6) is 0 Å². The fourth-order valence-electron chi connectivity index (χ4n) is 2.75. The van der Waals surface area contributed by atoms with E-state index in [4.69, 9.17) is 0 Å². The summed E-state index contributed by atoms with van der Waals surface area (Å²) in [4.78, 5) is 45.2. The van der Waals surface area contributed by atoms with Gasteiger partial charge >= 0.3 is 5.97 Å². The lowest BCUT2D eigenvalue weighted by molar-refractivity contribution is -0.113. The van der Waals surface area contributed by atoms with E-state index in [0.717, 1.165) is 22.2 Å². The number of nitrogens with zero attached hydrogens (tertiary/aromatic N) is 1. The quantitative estimate of drug-likeness (QED) is 0.255. The lowest BCUT2D eigenvalue weighted by Crippen LogP contribution is -2.15. The van der Waals surface area contributed by atoms with E-state index in [2.05, 4.69) is 20.0 Å². The molecule has 3 heterocycles. The lowest BCUT2D eigenvalue weighted by Gasteiger charge is -2.06. The Balaban J connectivity index is 1.43. The number of carbonyl (C=O) groups is 2. The summed E-state index contributed by atoms with van der Waals surface area (Å²) < 4.78 is 4.64. The molecule has 0 atom stereocenters. The molecule has 7 nitrogen and oxygen atoms in total. The van der Waals surface area contributed by atoms with E-state index in [-0.39, 0.29) is 17.2 Å². The highest BCUT2D eigenvalue weighted by Gasteiger charge is 2.14. The second-order valence-corrected chi connectivity index (χ2v) is 8.85. The number of aromatic amines is 1. The summed E-state index contributed by atoms with van der Waals surface area (Å²) in [5, 5.41) is 7.60. The number of rotatable bonds is 6. The largest absolute Gasteiger partial charge is 0.465 e. The highest BCUT2D eigenvalue weighted by Crippen LogP contribution is 2.34. The van der Waals surface area contributed by atoms with Gasteiger partial charge in [0.15, 0.2) is 5.16 Å². The standard InChI is InChI=1S/C20H15N3O4S3/c1-27-19(26)11-4-6-12(7-5-11)21-15(24)10-30-20-22-17(25)16-13(9-29-18(16)23-20)14-3-2-8-28-14/h2-9H,10H2,1H3,(H,21,24)(H,22,23,25). The predicted octanol–water partition coefficient (Wildman–Crippen LogP) is 4.23. The number of anilines is 1. The Morgan fingerprint density at radius 2 is 2.00 bits per heavy atom. The maximum atomic E-state index is 12.6. The monoisotopic (exact) mass is 457 g/mol. The van der Waals surface area contributed by atoms with Crippen molar-refractivity contribution < 1.29 is 14.3 Å². The van der Waals surface area contributed by atoms with Crippen LogP contribution in [0.2, 0.25) is 0 Å². The molecule has 0 aliphatic carbocycles. The summed E-state index contributed by atoms with van der Waals surface area (Å²) in [5.41, 5.74) is 1.62. The normalized spacial score (nSPS) is 10.8. The van der Waals surface area contributed by atoms with Gasteiger partial charge in [-0.2, -0.15) is 0 Å². The molecule has 4 aromatic rings. The van der Waals surface area contributed by atoms with Gasteiger partial charge in [-0.15, -0.1) is 22.7 Å². The fourth-order valence-corrected chi connectivity index (χ4v) is 5.23. The number of thioether (sulfide) groups is 1. The van der Waals surface area contributed by atoms with Crippen LogP contribution >= 0.6 is 34.4 Å². The van der Waals surface area contributed by atoms with Crippen molar-refractivity contribution in [3.63, 3.8) is 0 Å². The Labute approximate surface area is 183 Å². The van der Waals surface area contributed by atoms with Gasteiger partial charge in [0.1, 0.15) is 4.83 Å². The summed E-state index contributed by atoms with van der Waals surface area (Å²) in [6.07, 6.45) is 0. The first kappa shape index (κ1) is 20.3. The highest BCUT2D eigenvalue weighted by molar-refractivity contribution is 7.99. The van der Waals surface area contributed by atoms with Crippen molar-refractivity contribution in [3.05, 3.63) is 63.1 Å². The molecule has 0 saturated heterocycles. The number of methoxy groups -OCH3 is 1. The summed E-state index contributed by atoms with van der Waals surface area (Å²) in [6, 6.07) is 10.3. The van der Waals surface area contributed by atoms with Crippen LogP contribution in [0.15, 0.2) is 57.1 Å². The molecular weight excluding hydrogens is 442 g/mol. The van der Waals surface area contributed by atoms with E-state index in [1.54, 1.807) is 35.6 Å². The van der Waals surface area contributed by atoms with Crippen LogP contribution in [-0.2, 0) is 9.53 Å². The molecule has 3 aromatic heterocycles. The first-order valence-corrected chi connectivity index (χ1v) is 11.5. The number of benzene rings is 1. The second kappa shape index (κ2) is 8.82. The molecule has 4 rings (SSSR count). The Morgan fingerprint density at radius 3 is 2.70 bits per heavy atom. The molecule has 0 unspecified atom stereocenters. The number of H-pyrrole nitrogens is 1. The second-order valence-electron chi connectivity index (χ2n) is 6.08. The van der Waals surface area contributed by atoms with Crippen LogP contribution < -0.4 is 10.9 Å². The van der Waals surface area contributed by atoms with Crippen molar-refractivity contribution >= 4 is 62.2 Å². The van der Waals surface area contributed by atoms with Gasteiger partial charge in [-0.25, -0.2) is 9.78 Å². The third-order valence-electron chi connectivity index (χ3n) is 4.14. The van der Waals surface area contributed by atoms with Crippen molar-refractivity contribution in [1.29, 1.82) is 0 Å². The van der Waals surface area contributed by atoms with Gasteiger partial charge in [0.25, 0.3) is 5.56 Å². The first-order chi connectivity index (χ1) is 14.5. The number of thiophene rings is 2. The molecular formula is C20H15N3O4S3. The number of ether oxygens (including phenoxy) is 1. The molecule has 10 heteroatoms. The maximum absolute atomic E-state index is 12.6. The van der Waals surface area contributed by atoms with Crippen LogP contribution in [0.1, 0.15) is 10.4 Å². The molecule has 0 aliphatic rings. The van der Waals surface area contributed by atoms with Crippen molar-refractivity contribution in [2.45, 2.75) is 5.16 Å². The zero-order chi connectivity index (χ0) is 21.1.